The topological polar surface area (TPSA) is 9.23 Å². The molecule has 0 aromatic carbocycles. The van der Waals surface area contributed by atoms with E-state index in [1.54, 1.807) is 0 Å². The van der Waals surface area contributed by atoms with Crippen LogP contribution in [0.4, 0.5) is 0 Å². The van der Waals surface area contributed by atoms with Gasteiger partial charge < -0.3 is 4.74 Å². The summed E-state index contributed by atoms with van der Waals surface area (Å²) in [7, 11) is 0. The number of hydrogen-bond donors (Lipinski definition) is 0. The van der Waals surface area contributed by atoms with Crippen LogP contribution in [0.15, 0.2) is 23.5 Å². The highest BCUT2D eigenvalue weighted by Gasteiger charge is 2.04. The molecule has 0 aromatic heterocycles. The molecular formula is C11H18O. The van der Waals surface area contributed by atoms with Crippen LogP contribution in [-0.2, 0) is 4.74 Å². The molecule has 12 heavy (non-hydrogen) atoms. The fourth-order valence-electron chi connectivity index (χ4n) is 1.29. The Morgan fingerprint density at radius 2 is 2.33 bits per heavy atom. The zero-order valence-electron chi connectivity index (χ0n) is 8.10. The van der Waals surface area contributed by atoms with Gasteiger partial charge in [-0.15, -0.1) is 0 Å². The van der Waals surface area contributed by atoms with Gasteiger partial charge in [-0.3, -0.25) is 0 Å². The van der Waals surface area contributed by atoms with Crippen molar-refractivity contribution in [1.82, 2.24) is 0 Å². The van der Waals surface area contributed by atoms with Crippen molar-refractivity contribution in [2.75, 3.05) is 6.61 Å². The van der Waals surface area contributed by atoms with E-state index < -0.39 is 0 Å². The zero-order valence-corrected chi connectivity index (χ0v) is 8.10. The first kappa shape index (κ1) is 9.37. The Morgan fingerprint density at radius 1 is 1.50 bits per heavy atom. The molecule has 0 amide bonds. The minimum atomic E-state index is 0.886. The highest BCUT2D eigenvalue weighted by molar-refractivity contribution is 5.23. The quantitative estimate of drug-likeness (QED) is 0.581. The highest BCUT2D eigenvalue weighted by Crippen LogP contribution is 2.19. The average molecular weight is 166 g/mol. The molecule has 0 atom stereocenters. The molecule has 0 N–H and O–H groups in total. The Labute approximate surface area is 75.1 Å². The minimum absolute atomic E-state index is 0.886. The van der Waals surface area contributed by atoms with Crippen LogP contribution < -0.4 is 0 Å². The van der Waals surface area contributed by atoms with E-state index in [9.17, 15) is 0 Å². The van der Waals surface area contributed by atoms with Crippen LogP contribution in [-0.4, -0.2) is 6.61 Å². The van der Waals surface area contributed by atoms with E-state index in [-0.39, 0.29) is 0 Å². The lowest BCUT2D eigenvalue weighted by Crippen LogP contribution is -1.99. The average Bonchev–Trinajstić information content (AvgIpc) is 2.09. The van der Waals surface area contributed by atoms with Crippen molar-refractivity contribution in [3.63, 3.8) is 0 Å². The summed E-state index contributed by atoms with van der Waals surface area (Å²) in [5.74, 6) is 1.20. The fraction of sp³-hybridized carbons (Fsp3) is 0.636. The second-order valence-corrected chi connectivity index (χ2v) is 3.25. The molecule has 1 aliphatic carbocycles. The summed E-state index contributed by atoms with van der Waals surface area (Å²) in [6.45, 7) is 5.19. The first-order valence-electron chi connectivity index (χ1n) is 4.83. The van der Waals surface area contributed by atoms with E-state index >= 15 is 0 Å². The Bertz CT molecular complexity index is 189. The number of unbranched alkanes of at least 4 members (excludes halogenated alkanes) is 1. The summed E-state index contributed by atoms with van der Waals surface area (Å²) in [6.07, 6.45) is 8.97. The van der Waals surface area contributed by atoms with Crippen molar-refractivity contribution in [3.8, 4) is 0 Å². The Morgan fingerprint density at radius 3 is 3.00 bits per heavy atom. The summed E-state index contributed by atoms with van der Waals surface area (Å²) in [5, 5.41) is 0. The van der Waals surface area contributed by atoms with Gasteiger partial charge in [0.1, 0.15) is 0 Å². The Balaban J connectivity index is 2.34. The van der Waals surface area contributed by atoms with Gasteiger partial charge in [0, 0.05) is 6.42 Å². The van der Waals surface area contributed by atoms with Crippen molar-refractivity contribution in [3.05, 3.63) is 23.5 Å². The molecule has 0 aromatic rings. The summed E-state index contributed by atoms with van der Waals surface area (Å²) in [6, 6.07) is 0. The van der Waals surface area contributed by atoms with E-state index in [0.29, 0.717) is 0 Å². The standard InChI is InChI=1S/C11H18O/c1-3-4-9-12-11-8-6-5-7-10(11)2/h5,7H,3-4,6,8-9H2,1-2H3. The van der Waals surface area contributed by atoms with Gasteiger partial charge in [-0.25, -0.2) is 0 Å². The van der Waals surface area contributed by atoms with Gasteiger partial charge in [-0.2, -0.15) is 0 Å². The van der Waals surface area contributed by atoms with E-state index in [2.05, 4.69) is 26.0 Å². The van der Waals surface area contributed by atoms with Crippen LogP contribution >= 0.6 is 0 Å². The van der Waals surface area contributed by atoms with Gasteiger partial charge in [-0.1, -0.05) is 25.5 Å². The number of hydrogen-bond acceptors (Lipinski definition) is 1. The molecule has 68 valence electrons. The third kappa shape index (κ3) is 2.72. The summed E-state index contributed by atoms with van der Waals surface area (Å²) >= 11 is 0. The molecule has 0 aliphatic heterocycles. The predicted octanol–water partition coefficient (Wildman–Crippen LogP) is 3.43. The first-order chi connectivity index (χ1) is 5.84. The highest BCUT2D eigenvalue weighted by atomic mass is 16.5. The van der Waals surface area contributed by atoms with Crippen molar-refractivity contribution < 1.29 is 4.74 Å². The normalized spacial score (nSPS) is 16.8. The summed E-state index contributed by atoms with van der Waals surface area (Å²) < 4.78 is 5.66. The molecule has 0 bridgehead atoms. The molecule has 1 nitrogen and oxygen atoms in total. The van der Waals surface area contributed by atoms with Crippen LogP contribution in [0, 0.1) is 0 Å². The Hall–Kier alpha value is -0.720. The molecule has 0 saturated carbocycles. The fourth-order valence-corrected chi connectivity index (χ4v) is 1.29. The van der Waals surface area contributed by atoms with Gasteiger partial charge >= 0.3 is 0 Å². The first-order valence-corrected chi connectivity index (χ1v) is 4.83. The minimum Gasteiger partial charge on any atom is -0.498 e. The number of allylic oxidation sites excluding steroid dienone is 4. The van der Waals surface area contributed by atoms with E-state index in [1.165, 1.54) is 24.2 Å². The van der Waals surface area contributed by atoms with Crippen LogP contribution in [0.1, 0.15) is 39.5 Å². The van der Waals surface area contributed by atoms with Gasteiger partial charge in [-0.05, 0) is 25.3 Å². The molecule has 1 aliphatic rings. The number of ether oxygens (including phenoxy) is 1. The van der Waals surface area contributed by atoms with E-state index in [1.807, 2.05) is 0 Å². The molecular weight excluding hydrogens is 148 g/mol. The van der Waals surface area contributed by atoms with Crippen molar-refractivity contribution in [2.45, 2.75) is 39.5 Å². The third-order valence-corrected chi connectivity index (χ3v) is 2.12. The van der Waals surface area contributed by atoms with Gasteiger partial charge in [0.25, 0.3) is 0 Å². The Kier molecular flexibility index (Phi) is 3.92. The van der Waals surface area contributed by atoms with Gasteiger partial charge in [0.05, 0.1) is 12.4 Å². The van der Waals surface area contributed by atoms with E-state index in [0.717, 1.165) is 19.4 Å². The predicted molar refractivity (Wildman–Crippen MR) is 51.9 cm³/mol. The van der Waals surface area contributed by atoms with Crippen molar-refractivity contribution in [1.29, 1.82) is 0 Å². The summed E-state index contributed by atoms with van der Waals surface area (Å²) in [4.78, 5) is 0. The zero-order chi connectivity index (χ0) is 8.81. The smallest absolute Gasteiger partial charge is 0.0991 e. The van der Waals surface area contributed by atoms with Crippen molar-refractivity contribution >= 4 is 0 Å². The lowest BCUT2D eigenvalue weighted by Gasteiger charge is -2.14. The maximum absolute atomic E-state index is 5.66. The summed E-state index contributed by atoms with van der Waals surface area (Å²) in [5.41, 5.74) is 1.30. The molecule has 1 rings (SSSR count). The van der Waals surface area contributed by atoms with Crippen LogP contribution in [0.25, 0.3) is 0 Å². The maximum atomic E-state index is 5.66. The second-order valence-electron chi connectivity index (χ2n) is 3.25. The van der Waals surface area contributed by atoms with Crippen LogP contribution in [0.2, 0.25) is 0 Å². The molecule has 0 unspecified atom stereocenters. The van der Waals surface area contributed by atoms with Crippen molar-refractivity contribution in [2.24, 2.45) is 0 Å². The number of rotatable bonds is 4. The monoisotopic (exact) mass is 166 g/mol. The largest absolute Gasteiger partial charge is 0.498 e. The lowest BCUT2D eigenvalue weighted by atomic mass is 10.1. The van der Waals surface area contributed by atoms with Crippen LogP contribution in [0.5, 0.6) is 0 Å². The van der Waals surface area contributed by atoms with E-state index in [4.69, 9.17) is 4.74 Å². The molecule has 0 heterocycles. The SMILES string of the molecule is CCCCOC1=C(C)C=CCC1. The van der Waals surface area contributed by atoms with Gasteiger partial charge in [0.15, 0.2) is 0 Å². The molecule has 0 radical (unpaired) electrons. The third-order valence-electron chi connectivity index (χ3n) is 2.12. The molecule has 0 fully saturated rings. The maximum Gasteiger partial charge on any atom is 0.0991 e. The second kappa shape index (κ2) is 5.02. The molecule has 0 saturated heterocycles. The molecule has 0 spiro atoms. The van der Waals surface area contributed by atoms with Gasteiger partial charge in [0.2, 0.25) is 0 Å². The lowest BCUT2D eigenvalue weighted by molar-refractivity contribution is 0.194. The van der Waals surface area contributed by atoms with Crippen LogP contribution in [0.3, 0.4) is 0 Å². The molecule has 1 heteroatoms.